The Morgan fingerprint density at radius 3 is 1.86 bits per heavy atom. The Morgan fingerprint density at radius 1 is 0.946 bits per heavy atom. The Bertz CT molecular complexity index is 952. The zero-order valence-corrected chi connectivity index (χ0v) is 23.5. The second kappa shape index (κ2) is 15.5. The number of urea groups is 1. The van der Waals surface area contributed by atoms with E-state index in [9.17, 15) is 13.2 Å². The first-order chi connectivity index (χ1) is 17.3. The third kappa shape index (κ3) is 9.71. The van der Waals surface area contributed by atoms with Crippen molar-refractivity contribution >= 4 is 28.3 Å². The highest BCUT2D eigenvalue weighted by molar-refractivity contribution is 7.91. The Balaban J connectivity index is 0.00000481. The molecular weight excluding hydrogens is 518 g/mol. The summed E-state index contributed by atoms with van der Waals surface area (Å²) in [7, 11) is -3.60. The van der Waals surface area contributed by atoms with Gasteiger partial charge >= 0.3 is 6.03 Å². The van der Waals surface area contributed by atoms with Crippen molar-refractivity contribution in [2.24, 2.45) is 0 Å². The molecule has 0 saturated carbocycles. The van der Waals surface area contributed by atoms with Gasteiger partial charge in [0.05, 0.1) is 48.7 Å². The first-order valence-corrected chi connectivity index (χ1v) is 14.3. The van der Waals surface area contributed by atoms with Gasteiger partial charge in [-0.15, -0.1) is 12.4 Å². The summed E-state index contributed by atoms with van der Waals surface area (Å²) in [5.74, 6) is -0.177. The van der Waals surface area contributed by atoms with Crippen LogP contribution in [0.5, 0.6) is 0 Å². The SMILES string of the molecule is CC(C)N(CCS(=O)(=O)c1ccc(C#N)cc1)C(=O)N(CCN1CCOCC1)CCN1CCOCC1.Cl. The third-order valence-electron chi connectivity index (χ3n) is 6.66. The van der Waals surface area contributed by atoms with E-state index in [1.165, 1.54) is 24.3 Å². The standard InChI is InChI=1S/C25H39N5O5S.ClH/c1-22(2)30(15-20-36(32,33)24-5-3-23(21-26)4-6-24)25(31)29(9-7-27-11-16-34-17-12-27)10-8-28-13-18-35-19-14-28;/h3-6,22H,7-20H2,1-2H3;1H. The fourth-order valence-corrected chi connectivity index (χ4v) is 5.53. The number of carbonyl (C=O) groups is 1. The van der Waals surface area contributed by atoms with E-state index in [1.807, 2.05) is 24.8 Å². The summed E-state index contributed by atoms with van der Waals surface area (Å²) >= 11 is 0. The van der Waals surface area contributed by atoms with Crippen LogP contribution in [0.1, 0.15) is 19.4 Å². The fraction of sp³-hybridized carbons (Fsp3) is 0.680. The molecule has 0 radical (unpaired) electrons. The minimum atomic E-state index is -3.60. The van der Waals surface area contributed by atoms with Gasteiger partial charge in [-0.1, -0.05) is 0 Å². The number of ether oxygens (including phenoxy) is 2. The first-order valence-electron chi connectivity index (χ1n) is 12.7. The predicted octanol–water partition coefficient (Wildman–Crippen LogP) is 1.55. The molecule has 2 aliphatic heterocycles. The van der Waals surface area contributed by atoms with Crippen LogP contribution >= 0.6 is 12.4 Å². The Morgan fingerprint density at radius 2 is 1.43 bits per heavy atom. The van der Waals surface area contributed by atoms with Crippen molar-refractivity contribution in [1.29, 1.82) is 5.26 Å². The quantitative estimate of drug-likeness (QED) is 0.403. The first kappa shape index (κ1) is 31.3. The zero-order valence-electron chi connectivity index (χ0n) is 21.9. The van der Waals surface area contributed by atoms with Gasteiger partial charge in [0.1, 0.15) is 0 Å². The molecule has 2 fully saturated rings. The summed E-state index contributed by atoms with van der Waals surface area (Å²) in [6.07, 6.45) is 0. The second-order valence-corrected chi connectivity index (χ2v) is 11.5. The molecule has 0 unspecified atom stereocenters. The van der Waals surface area contributed by atoms with Crippen molar-refractivity contribution in [2.75, 3.05) is 91.1 Å². The van der Waals surface area contributed by atoms with Crippen LogP contribution in [0.25, 0.3) is 0 Å². The fourth-order valence-electron chi connectivity index (χ4n) is 4.31. The minimum absolute atomic E-state index is 0. The number of amides is 2. The van der Waals surface area contributed by atoms with Crippen LogP contribution in [0.4, 0.5) is 4.79 Å². The van der Waals surface area contributed by atoms with E-state index in [1.54, 1.807) is 4.90 Å². The van der Waals surface area contributed by atoms with Gasteiger partial charge in [0.2, 0.25) is 0 Å². The number of carbonyl (C=O) groups excluding carboxylic acids is 1. The van der Waals surface area contributed by atoms with Crippen LogP contribution in [0, 0.1) is 11.3 Å². The highest BCUT2D eigenvalue weighted by atomic mass is 35.5. The molecule has 2 heterocycles. The second-order valence-electron chi connectivity index (χ2n) is 9.42. The number of benzene rings is 1. The van der Waals surface area contributed by atoms with E-state index in [2.05, 4.69) is 9.80 Å². The molecule has 2 saturated heterocycles. The van der Waals surface area contributed by atoms with Crippen molar-refractivity contribution < 1.29 is 22.7 Å². The average Bonchev–Trinajstić information content (AvgIpc) is 2.89. The van der Waals surface area contributed by atoms with Gasteiger partial charge in [0, 0.05) is 64.9 Å². The van der Waals surface area contributed by atoms with E-state index in [0.29, 0.717) is 45.1 Å². The van der Waals surface area contributed by atoms with Crippen molar-refractivity contribution in [3.8, 4) is 6.07 Å². The maximum Gasteiger partial charge on any atom is 0.320 e. The lowest BCUT2D eigenvalue weighted by Crippen LogP contribution is -2.52. The van der Waals surface area contributed by atoms with Gasteiger partial charge in [0.15, 0.2) is 9.84 Å². The molecule has 0 N–H and O–H groups in total. The van der Waals surface area contributed by atoms with E-state index in [4.69, 9.17) is 14.7 Å². The monoisotopic (exact) mass is 557 g/mol. The highest BCUT2D eigenvalue weighted by Crippen LogP contribution is 2.14. The summed E-state index contributed by atoms with van der Waals surface area (Å²) in [6, 6.07) is 7.60. The lowest BCUT2D eigenvalue weighted by molar-refractivity contribution is 0.0269. The van der Waals surface area contributed by atoms with Crippen LogP contribution < -0.4 is 0 Å². The molecule has 12 heteroatoms. The largest absolute Gasteiger partial charge is 0.379 e. The number of nitriles is 1. The normalized spacial score (nSPS) is 17.1. The summed E-state index contributed by atoms with van der Waals surface area (Å²) in [5, 5.41) is 8.97. The van der Waals surface area contributed by atoms with E-state index in [0.717, 1.165) is 39.3 Å². The van der Waals surface area contributed by atoms with Crippen LogP contribution in [-0.2, 0) is 19.3 Å². The number of hydrogen-bond donors (Lipinski definition) is 0. The van der Waals surface area contributed by atoms with Gasteiger partial charge in [-0.25, -0.2) is 13.2 Å². The molecule has 10 nitrogen and oxygen atoms in total. The minimum Gasteiger partial charge on any atom is -0.379 e. The van der Waals surface area contributed by atoms with Gasteiger partial charge in [-0.3, -0.25) is 9.80 Å². The molecule has 37 heavy (non-hydrogen) atoms. The molecule has 0 aromatic heterocycles. The third-order valence-corrected chi connectivity index (χ3v) is 8.37. The summed E-state index contributed by atoms with van der Waals surface area (Å²) in [6.45, 7) is 12.8. The lowest BCUT2D eigenvalue weighted by Gasteiger charge is -2.36. The van der Waals surface area contributed by atoms with Crippen molar-refractivity contribution in [3.63, 3.8) is 0 Å². The van der Waals surface area contributed by atoms with Crippen LogP contribution in [0.2, 0.25) is 0 Å². The van der Waals surface area contributed by atoms with Crippen LogP contribution in [-0.4, -0.2) is 131 Å². The summed E-state index contributed by atoms with van der Waals surface area (Å²) in [5.41, 5.74) is 0.407. The van der Waals surface area contributed by atoms with E-state index in [-0.39, 0.29) is 41.7 Å². The van der Waals surface area contributed by atoms with Crippen molar-refractivity contribution in [1.82, 2.24) is 19.6 Å². The molecule has 2 amide bonds. The lowest BCUT2D eigenvalue weighted by atomic mass is 10.2. The van der Waals surface area contributed by atoms with Gasteiger partial charge in [0.25, 0.3) is 0 Å². The Hall–Kier alpha value is -1.94. The highest BCUT2D eigenvalue weighted by Gasteiger charge is 2.27. The number of morpholine rings is 2. The number of halogens is 1. The molecule has 0 aliphatic carbocycles. The molecular formula is C25H40ClN5O5S. The van der Waals surface area contributed by atoms with Gasteiger partial charge in [-0.05, 0) is 38.1 Å². The molecule has 208 valence electrons. The molecule has 0 spiro atoms. The number of hydrogen-bond acceptors (Lipinski definition) is 8. The number of sulfone groups is 1. The summed E-state index contributed by atoms with van der Waals surface area (Å²) < 4.78 is 36.8. The Kier molecular flexibility index (Phi) is 13.1. The number of nitrogens with zero attached hydrogens (tertiary/aromatic N) is 5. The average molecular weight is 558 g/mol. The van der Waals surface area contributed by atoms with E-state index >= 15 is 0 Å². The van der Waals surface area contributed by atoms with Crippen LogP contribution in [0.15, 0.2) is 29.2 Å². The smallest absolute Gasteiger partial charge is 0.320 e. The topological polar surface area (TPSA) is 106 Å². The predicted molar refractivity (Wildman–Crippen MR) is 144 cm³/mol. The maximum absolute atomic E-state index is 13.7. The summed E-state index contributed by atoms with van der Waals surface area (Å²) in [4.78, 5) is 22.0. The van der Waals surface area contributed by atoms with Gasteiger partial charge < -0.3 is 19.3 Å². The number of rotatable bonds is 11. The molecule has 0 bridgehead atoms. The molecule has 0 atom stereocenters. The maximum atomic E-state index is 13.7. The molecule has 3 rings (SSSR count). The van der Waals surface area contributed by atoms with Crippen LogP contribution in [0.3, 0.4) is 0 Å². The van der Waals surface area contributed by atoms with Gasteiger partial charge in [-0.2, -0.15) is 5.26 Å². The Labute approximate surface area is 227 Å². The molecule has 1 aromatic carbocycles. The van der Waals surface area contributed by atoms with Crippen molar-refractivity contribution in [2.45, 2.75) is 24.8 Å². The van der Waals surface area contributed by atoms with E-state index < -0.39 is 9.84 Å². The molecule has 1 aromatic rings. The zero-order chi connectivity index (χ0) is 26.0. The molecule has 2 aliphatic rings. The van der Waals surface area contributed by atoms with Crippen molar-refractivity contribution in [3.05, 3.63) is 29.8 Å².